The van der Waals surface area contributed by atoms with Crippen molar-refractivity contribution in [1.29, 1.82) is 0 Å². The molecule has 0 atom stereocenters. The smallest absolute Gasteiger partial charge is 0.174 e. The summed E-state index contributed by atoms with van der Waals surface area (Å²) in [6.07, 6.45) is 5.19. The van der Waals surface area contributed by atoms with Crippen LogP contribution in [-0.4, -0.2) is 10.9 Å². The van der Waals surface area contributed by atoms with E-state index in [0.717, 1.165) is 42.7 Å². The van der Waals surface area contributed by atoms with Crippen LogP contribution in [0.15, 0.2) is 4.52 Å². The maximum atomic E-state index is 12.2. The van der Waals surface area contributed by atoms with E-state index in [1.807, 2.05) is 6.92 Å². The third-order valence-corrected chi connectivity index (χ3v) is 3.78. The van der Waals surface area contributed by atoms with Crippen molar-refractivity contribution in [3.05, 3.63) is 17.0 Å². The van der Waals surface area contributed by atoms with Gasteiger partial charge in [0.2, 0.25) is 0 Å². The Bertz CT molecular complexity index is 401. The van der Waals surface area contributed by atoms with Gasteiger partial charge in [0.25, 0.3) is 0 Å². The molecule has 0 aromatic carbocycles. The van der Waals surface area contributed by atoms with E-state index in [2.05, 4.69) is 5.16 Å². The minimum absolute atomic E-state index is 0.0245. The average Bonchev–Trinajstić information content (AvgIpc) is 2.46. The number of aromatic nitrogens is 1. The van der Waals surface area contributed by atoms with Gasteiger partial charge in [0.1, 0.15) is 5.76 Å². The van der Waals surface area contributed by atoms with E-state index in [-0.39, 0.29) is 5.41 Å². The zero-order valence-corrected chi connectivity index (χ0v) is 8.30. The molecular formula is C11H13NO2. The third-order valence-electron chi connectivity index (χ3n) is 3.78. The first kappa shape index (κ1) is 8.21. The SMILES string of the molecule is Cc1noc2c1C(=O)C1(CCC1)CC2. The summed E-state index contributed by atoms with van der Waals surface area (Å²) in [5, 5.41) is 3.88. The van der Waals surface area contributed by atoms with Crippen LogP contribution in [0, 0.1) is 12.3 Å². The van der Waals surface area contributed by atoms with Gasteiger partial charge < -0.3 is 4.52 Å². The summed E-state index contributed by atoms with van der Waals surface area (Å²) < 4.78 is 5.15. The number of nitrogens with zero attached hydrogens (tertiary/aromatic N) is 1. The van der Waals surface area contributed by atoms with Gasteiger partial charge in [-0.15, -0.1) is 0 Å². The summed E-state index contributed by atoms with van der Waals surface area (Å²) in [6.45, 7) is 1.86. The van der Waals surface area contributed by atoms with Crippen molar-refractivity contribution < 1.29 is 9.32 Å². The topological polar surface area (TPSA) is 43.1 Å². The molecule has 1 fully saturated rings. The Hall–Kier alpha value is -1.12. The standard InChI is InChI=1S/C11H13NO2/c1-7-9-8(14-12-7)3-6-11(10(9)13)4-2-5-11/h2-6H2,1H3. The average molecular weight is 191 g/mol. The van der Waals surface area contributed by atoms with Crippen molar-refractivity contribution in [3.8, 4) is 0 Å². The second kappa shape index (κ2) is 2.47. The van der Waals surface area contributed by atoms with Gasteiger partial charge in [-0.25, -0.2) is 0 Å². The van der Waals surface area contributed by atoms with E-state index in [4.69, 9.17) is 4.52 Å². The van der Waals surface area contributed by atoms with Crippen molar-refractivity contribution in [3.63, 3.8) is 0 Å². The predicted octanol–water partition coefficient (Wildman–Crippen LogP) is 2.28. The minimum atomic E-state index is -0.0245. The molecule has 0 radical (unpaired) electrons. The molecule has 1 saturated carbocycles. The van der Waals surface area contributed by atoms with E-state index in [0.29, 0.717) is 5.78 Å². The van der Waals surface area contributed by atoms with Gasteiger partial charge in [-0.05, 0) is 26.2 Å². The fraction of sp³-hybridized carbons (Fsp3) is 0.636. The van der Waals surface area contributed by atoms with Gasteiger partial charge in [-0.3, -0.25) is 4.79 Å². The molecule has 14 heavy (non-hydrogen) atoms. The second-order valence-corrected chi connectivity index (χ2v) is 4.53. The lowest BCUT2D eigenvalue weighted by atomic mass is 9.59. The van der Waals surface area contributed by atoms with E-state index in [1.54, 1.807) is 0 Å². The summed E-state index contributed by atoms with van der Waals surface area (Å²) in [7, 11) is 0. The van der Waals surface area contributed by atoms with Crippen LogP contribution < -0.4 is 0 Å². The Morgan fingerprint density at radius 3 is 2.79 bits per heavy atom. The maximum absolute atomic E-state index is 12.2. The van der Waals surface area contributed by atoms with Crippen LogP contribution in [0.3, 0.4) is 0 Å². The highest BCUT2D eigenvalue weighted by molar-refractivity contribution is 6.03. The lowest BCUT2D eigenvalue weighted by Crippen LogP contribution is -2.41. The number of Topliss-reactive ketones (excluding diaryl/α,β-unsaturated/α-hetero) is 1. The fourth-order valence-corrected chi connectivity index (χ4v) is 2.69. The molecule has 0 N–H and O–H groups in total. The highest BCUT2D eigenvalue weighted by Gasteiger charge is 2.48. The third kappa shape index (κ3) is 0.825. The molecule has 3 heteroatoms. The van der Waals surface area contributed by atoms with Gasteiger partial charge in [-0.1, -0.05) is 11.6 Å². The molecule has 0 bridgehead atoms. The van der Waals surface area contributed by atoms with E-state index in [1.165, 1.54) is 6.42 Å². The monoisotopic (exact) mass is 191 g/mol. The zero-order chi connectivity index (χ0) is 9.76. The Kier molecular flexibility index (Phi) is 1.45. The number of hydrogen-bond donors (Lipinski definition) is 0. The minimum Gasteiger partial charge on any atom is -0.360 e. The largest absolute Gasteiger partial charge is 0.360 e. The summed E-state index contributed by atoms with van der Waals surface area (Å²) in [4.78, 5) is 12.2. The number of aryl methyl sites for hydroxylation is 2. The van der Waals surface area contributed by atoms with Gasteiger partial charge in [0.05, 0.1) is 11.3 Å². The molecule has 0 saturated heterocycles. The van der Waals surface area contributed by atoms with Crippen molar-refractivity contribution in [2.24, 2.45) is 5.41 Å². The lowest BCUT2D eigenvalue weighted by molar-refractivity contribution is 0.0542. The number of fused-ring (bicyclic) bond motifs is 1. The van der Waals surface area contributed by atoms with Crippen molar-refractivity contribution in [2.45, 2.75) is 39.0 Å². The molecule has 0 amide bonds. The van der Waals surface area contributed by atoms with Crippen molar-refractivity contribution in [2.75, 3.05) is 0 Å². The molecule has 0 aliphatic heterocycles. The van der Waals surface area contributed by atoms with Crippen LogP contribution in [-0.2, 0) is 6.42 Å². The van der Waals surface area contributed by atoms with E-state index < -0.39 is 0 Å². The molecule has 1 heterocycles. The van der Waals surface area contributed by atoms with Crippen LogP contribution in [0.1, 0.15) is 47.5 Å². The maximum Gasteiger partial charge on any atom is 0.174 e. The molecule has 1 aromatic heterocycles. The van der Waals surface area contributed by atoms with Gasteiger partial charge in [-0.2, -0.15) is 0 Å². The summed E-state index contributed by atoms with van der Waals surface area (Å²) >= 11 is 0. The molecule has 1 spiro atoms. The Labute approximate surface area is 82.5 Å². The van der Waals surface area contributed by atoms with Crippen LogP contribution in [0.2, 0.25) is 0 Å². The first-order valence-electron chi connectivity index (χ1n) is 5.23. The first-order valence-corrected chi connectivity index (χ1v) is 5.23. The summed E-state index contributed by atoms with van der Waals surface area (Å²) in [6, 6.07) is 0. The number of carbonyl (C=O) groups excluding carboxylic acids is 1. The van der Waals surface area contributed by atoms with Gasteiger partial charge >= 0.3 is 0 Å². The number of ketones is 1. The molecule has 3 rings (SSSR count). The molecule has 3 nitrogen and oxygen atoms in total. The Morgan fingerprint density at radius 1 is 1.36 bits per heavy atom. The quantitative estimate of drug-likeness (QED) is 0.631. The van der Waals surface area contributed by atoms with Gasteiger partial charge in [0.15, 0.2) is 5.78 Å². The Balaban J connectivity index is 2.10. The number of hydrogen-bond acceptors (Lipinski definition) is 3. The molecule has 74 valence electrons. The van der Waals surface area contributed by atoms with Crippen molar-refractivity contribution in [1.82, 2.24) is 5.16 Å². The number of rotatable bonds is 0. The first-order chi connectivity index (χ1) is 6.73. The highest BCUT2D eigenvalue weighted by Crippen LogP contribution is 2.50. The zero-order valence-electron chi connectivity index (χ0n) is 8.30. The van der Waals surface area contributed by atoms with Gasteiger partial charge in [0, 0.05) is 11.8 Å². The fourth-order valence-electron chi connectivity index (χ4n) is 2.69. The normalized spacial score (nSPS) is 23.4. The molecule has 2 aliphatic rings. The van der Waals surface area contributed by atoms with Crippen LogP contribution in [0.5, 0.6) is 0 Å². The van der Waals surface area contributed by atoms with Crippen LogP contribution in [0.25, 0.3) is 0 Å². The number of carbonyl (C=O) groups is 1. The lowest BCUT2D eigenvalue weighted by Gasteiger charge is -2.42. The van der Waals surface area contributed by atoms with Crippen molar-refractivity contribution >= 4 is 5.78 Å². The molecule has 0 unspecified atom stereocenters. The molecule has 1 aromatic rings. The highest BCUT2D eigenvalue weighted by atomic mass is 16.5. The molecular weight excluding hydrogens is 178 g/mol. The molecule has 2 aliphatic carbocycles. The predicted molar refractivity (Wildman–Crippen MR) is 50.2 cm³/mol. The second-order valence-electron chi connectivity index (χ2n) is 4.53. The van der Waals surface area contributed by atoms with E-state index >= 15 is 0 Å². The summed E-state index contributed by atoms with van der Waals surface area (Å²) in [5.74, 6) is 1.11. The van der Waals surface area contributed by atoms with Crippen LogP contribution in [0.4, 0.5) is 0 Å². The van der Waals surface area contributed by atoms with E-state index in [9.17, 15) is 4.79 Å². The Morgan fingerprint density at radius 2 is 2.14 bits per heavy atom. The van der Waals surface area contributed by atoms with Crippen LogP contribution >= 0.6 is 0 Å². The summed E-state index contributed by atoms with van der Waals surface area (Å²) in [5.41, 5.74) is 1.54.